The summed E-state index contributed by atoms with van der Waals surface area (Å²) in [6.07, 6.45) is 0.179. The maximum atomic E-state index is 12.2. The number of ether oxygens (including phenoxy) is 1. The van der Waals surface area contributed by atoms with Crippen LogP contribution in [-0.4, -0.2) is 30.3 Å². The molecule has 0 aromatic heterocycles. The van der Waals surface area contributed by atoms with Crippen LogP contribution in [0.4, 0.5) is 10.5 Å². The molecule has 0 radical (unpaired) electrons. The molecule has 2 rings (SSSR count). The summed E-state index contributed by atoms with van der Waals surface area (Å²) in [5.41, 5.74) is 7.08. The quantitative estimate of drug-likeness (QED) is 0.423. The van der Waals surface area contributed by atoms with Gasteiger partial charge in [0.15, 0.2) is 5.11 Å². The lowest BCUT2D eigenvalue weighted by molar-refractivity contribution is 0.0943. The average Bonchev–Trinajstić information content (AvgIpc) is 2.68. The van der Waals surface area contributed by atoms with Gasteiger partial charge in [0.1, 0.15) is 0 Å². The van der Waals surface area contributed by atoms with Gasteiger partial charge in [-0.15, -0.1) is 0 Å². The Bertz CT molecular complexity index is 830. The summed E-state index contributed by atoms with van der Waals surface area (Å²) in [5, 5.41) is 6.53. The number of amides is 2. The van der Waals surface area contributed by atoms with Crippen molar-refractivity contribution in [3.05, 3.63) is 64.7 Å². The van der Waals surface area contributed by atoms with E-state index in [2.05, 4.69) is 21.5 Å². The molecule has 0 bridgehead atoms. The first kappa shape index (κ1) is 21.5. The molecule has 0 unspecified atom stereocenters. The largest absolute Gasteiger partial charge is 0.450 e. The molecule has 0 atom stereocenters. The molecule has 0 fully saturated rings. The van der Waals surface area contributed by atoms with Gasteiger partial charge in [0.05, 0.1) is 6.61 Å². The Labute approximate surface area is 173 Å². The average molecular weight is 421 g/mol. The van der Waals surface area contributed by atoms with Gasteiger partial charge in [-0.1, -0.05) is 29.8 Å². The molecule has 28 heavy (non-hydrogen) atoms. The normalized spacial score (nSPS) is 9.93. The third kappa shape index (κ3) is 7.42. The highest BCUT2D eigenvalue weighted by molar-refractivity contribution is 7.80. The topological polar surface area (TPSA) is 91.5 Å². The van der Waals surface area contributed by atoms with Crippen molar-refractivity contribution in [3.8, 4) is 0 Å². The van der Waals surface area contributed by atoms with Gasteiger partial charge in [-0.05, 0) is 61.5 Å². The van der Waals surface area contributed by atoms with E-state index in [4.69, 9.17) is 28.6 Å². The van der Waals surface area contributed by atoms with E-state index in [0.717, 1.165) is 12.0 Å². The van der Waals surface area contributed by atoms with Crippen LogP contribution in [-0.2, 0) is 11.2 Å². The summed E-state index contributed by atoms with van der Waals surface area (Å²) in [7, 11) is 0. The number of nitrogens with one attached hydrogen (secondary N) is 4. The summed E-state index contributed by atoms with van der Waals surface area (Å²) in [6, 6.07) is 14.0. The van der Waals surface area contributed by atoms with E-state index in [0.29, 0.717) is 27.9 Å². The standard InChI is InChI=1S/C19H21ClN4O3S/c1-2-27-19(26)22-16-5-3-4-14(12-16)17(25)23-24-18(28)21-11-10-13-6-8-15(20)9-7-13/h3-9,12H,2,10-11H2,1H3,(H,22,26)(H,23,25)(H2,21,24,28). The van der Waals surface area contributed by atoms with Crippen molar-refractivity contribution in [2.75, 3.05) is 18.5 Å². The van der Waals surface area contributed by atoms with Crippen LogP contribution >= 0.6 is 23.8 Å². The van der Waals surface area contributed by atoms with E-state index in [9.17, 15) is 9.59 Å². The third-order valence-electron chi connectivity index (χ3n) is 3.55. The lowest BCUT2D eigenvalue weighted by atomic mass is 10.1. The van der Waals surface area contributed by atoms with Gasteiger partial charge in [-0.3, -0.25) is 21.0 Å². The van der Waals surface area contributed by atoms with Crippen LogP contribution in [0.1, 0.15) is 22.8 Å². The lowest BCUT2D eigenvalue weighted by Crippen LogP contribution is -2.47. The van der Waals surface area contributed by atoms with Crippen LogP contribution in [0.3, 0.4) is 0 Å². The van der Waals surface area contributed by atoms with Crippen LogP contribution in [0.25, 0.3) is 0 Å². The molecule has 2 aromatic rings. The van der Waals surface area contributed by atoms with E-state index >= 15 is 0 Å². The fourth-order valence-corrected chi connectivity index (χ4v) is 2.50. The number of anilines is 1. The number of hydrogen-bond donors (Lipinski definition) is 4. The molecule has 2 aromatic carbocycles. The van der Waals surface area contributed by atoms with E-state index in [-0.39, 0.29) is 6.61 Å². The predicted molar refractivity (Wildman–Crippen MR) is 113 cm³/mol. The molecule has 0 aliphatic rings. The van der Waals surface area contributed by atoms with Gasteiger partial charge in [0, 0.05) is 22.8 Å². The van der Waals surface area contributed by atoms with Crippen molar-refractivity contribution in [2.45, 2.75) is 13.3 Å². The molecule has 0 saturated carbocycles. The second-order valence-electron chi connectivity index (χ2n) is 5.64. The van der Waals surface area contributed by atoms with Crippen molar-refractivity contribution >= 4 is 46.6 Å². The van der Waals surface area contributed by atoms with Gasteiger partial charge in [0.25, 0.3) is 5.91 Å². The molecule has 0 aliphatic carbocycles. The molecule has 0 spiro atoms. The number of carbonyl (C=O) groups excluding carboxylic acids is 2. The molecule has 4 N–H and O–H groups in total. The SMILES string of the molecule is CCOC(=O)Nc1cccc(C(=O)NNC(=S)NCCc2ccc(Cl)cc2)c1. The van der Waals surface area contributed by atoms with Crippen LogP contribution < -0.4 is 21.5 Å². The van der Waals surface area contributed by atoms with Crippen molar-refractivity contribution in [1.82, 2.24) is 16.2 Å². The lowest BCUT2D eigenvalue weighted by Gasteiger charge is -2.12. The molecular weight excluding hydrogens is 400 g/mol. The zero-order chi connectivity index (χ0) is 20.4. The van der Waals surface area contributed by atoms with Crippen molar-refractivity contribution in [3.63, 3.8) is 0 Å². The Balaban J connectivity index is 1.75. The van der Waals surface area contributed by atoms with Gasteiger partial charge in [-0.2, -0.15) is 0 Å². The summed E-state index contributed by atoms with van der Waals surface area (Å²) in [4.78, 5) is 23.7. The Morgan fingerprint density at radius 2 is 1.86 bits per heavy atom. The van der Waals surface area contributed by atoms with E-state index in [1.165, 1.54) is 6.07 Å². The summed E-state index contributed by atoms with van der Waals surface area (Å²) in [6.45, 7) is 2.57. The molecule has 9 heteroatoms. The smallest absolute Gasteiger partial charge is 0.411 e. The van der Waals surface area contributed by atoms with Gasteiger partial charge < -0.3 is 10.1 Å². The minimum atomic E-state index is -0.579. The first-order valence-corrected chi connectivity index (χ1v) is 9.39. The van der Waals surface area contributed by atoms with Crippen molar-refractivity contribution in [1.29, 1.82) is 0 Å². The van der Waals surface area contributed by atoms with Gasteiger partial charge >= 0.3 is 6.09 Å². The fraction of sp³-hybridized carbons (Fsp3) is 0.211. The fourth-order valence-electron chi connectivity index (χ4n) is 2.22. The number of hydrazine groups is 1. The highest BCUT2D eigenvalue weighted by Crippen LogP contribution is 2.11. The zero-order valence-electron chi connectivity index (χ0n) is 15.3. The molecule has 0 heterocycles. The highest BCUT2D eigenvalue weighted by atomic mass is 35.5. The summed E-state index contributed by atoms with van der Waals surface area (Å²) < 4.78 is 4.81. The molecule has 2 amide bonds. The van der Waals surface area contributed by atoms with E-state index in [1.807, 2.05) is 24.3 Å². The van der Waals surface area contributed by atoms with Crippen LogP contribution in [0, 0.1) is 0 Å². The number of carbonyl (C=O) groups is 2. The summed E-state index contributed by atoms with van der Waals surface area (Å²) >= 11 is 11.0. The van der Waals surface area contributed by atoms with Crippen LogP contribution in [0.2, 0.25) is 5.02 Å². The van der Waals surface area contributed by atoms with Crippen molar-refractivity contribution in [2.24, 2.45) is 0 Å². The maximum Gasteiger partial charge on any atom is 0.411 e. The second-order valence-corrected chi connectivity index (χ2v) is 6.48. The minimum Gasteiger partial charge on any atom is -0.450 e. The molecule has 7 nitrogen and oxygen atoms in total. The molecule has 0 saturated heterocycles. The van der Waals surface area contributed by atoms with Crippen LogP contribution in [0.15, 0.2) is 48.5 Å². The molecule has 148 valence electrons. The Kier molecular flexibility index (Phi) is 8.51. The first-order valence-electron chi connectivity index (χ1n) is 8.60. The second kappa shape index (κ2) is 11.1. The van der Waals surface area contributed by atoms with Gasteiger partial charge in [-0.25, -0.2) is 4.79 Å². The summed E-state index contributed by atoms with van der Waals surface area (Å²) in [5.74, 6) is -0.394. The number of halogens is 1. The van der Waals surface area contributed by atoms with Crippen LogP contribution in [0.5, 0.6) is 0 Å². The minimum absolute atomic E-state index is 0.262. The maximum absolute atomic E-state index is 12.2. The number of hydrogen-bond acceptors (Lipinski definition) is 4. The molecule has 0 aliphatic heterocycles. The Hall–Kier alpha value is -2.84. The zero-order valence-corrected chi connectivity index (χ0v) is 16.8. The Morgan fingerprint density at radius 3 is 2.57 bits per heavy atom. The number of thiocarbonyl (C=S) groups is 1. The third-order valence-corrected chi connectivity index (χ3v) is 4.05. The van der Waals surface area contributed by atoms with E-state index < -0.39 is 12.0 Å². The predicted octanol–water partition coefficient (Wildman–Crippen LogP) is 3.26. The number of rotatable bonds is 6. The molecular formula is C19H21ClN4O3S. The Morgan fingerprint density at radius 1 is 1.11 bits per heavy atom. The van der Waals surface area contributed by atoms with E-state index in [1.54, 1.807) is 25.1 Å². The first-order chi connectivity index (χ1) is 13.5. The number of benzene rings is 2. The highest BCUT2D eigenvalue weighted by Gasteiger charge is 2.08. The van der Waals surface area contributed by atoms with Crippen molar-refractivity contribution < 1.29 is 14.3 Å². The monoisotopic (exact) mass is 420 g/mol. The van der Waals surface area contributed by atoms with Gasteiger partial charge in [0.2, 0.25) is 0 Å².